The van der Waals surface area contributed by atoms with Crippen LogP contribution in [0.15, 0.2) is 34.9 Å². The van der Waals surface area contributed by atoms with Gasteiger partial charge in [0, 0.05) is 12.3 Å². The van der Waals surface area contributed by atoms with Crippen molar-refractivity contribution in [3.8, 4) is 0 Å². The molecular weight excluding hydrogens is 291 g/mol. The van der Waals surface area contributed by atoms with Gasteiger partial charge in [-0.25, -0.2) is 0 Å². The van der Waals surface area contributed by atoms with Crippen molar-refractivity contribution in [1.82, 2.24) is 0 Å². The van der Waals surface area contributed by atoms with Crippen LogP contribution in [0.25, 0.3) is 0 Å². The molecule has 0 fully saturated rings. The summed E-state index contributed by atoms with van der Waals surface area (Å²) in [5, 5.41) is 0. The molecule has 0 saturated carbocycles. The van der Waals surface area contributed by atoms with Crippen molar-refractivity contribution in [3.05, 3.63) is 34.9 Å². The van der Waals surface area contributed by atoms with E-state index in [9.17, 15) is 4.57 Å². The maximum Gasteiger partial charge on any atom is 0.206 e. The Morgan fingerprint density at radius 2 is 2.05 bits per heavy atom. The lowest BCUT2D eigenvalue weighted by atomic mass is 9.73. The van der Waals surface area contributed by atoms with Gasteiger partial charge in [0.25, 0.3) is 0 Å². The van der Waals surface area contributed by atoms with Crippen molar-refractivity contribution >= 4 is 7.37 Å². The van der Waals surface area contributed by atoms with Crippen LogP contribution in [-0.2, 0) is 9.09 Å². The molecule has 0 spiro atoms. The quantitative estimate of drug-likeness (QED) is 0.403. The molecule has 0 saturated heterocycles. The number of hydrogen-bond acceptors (Lipinski definition) is 2. The molecule has 0 radical (unpaired) electrons. The Bertz CT molecular complexity index is 510. The van der Waals surface area contributed by atoms with Gasteiger partial charge in [-0.05, 0) is 51.0 Å². The highest BCUT2D eigenvalue weighted by Gasteiger charge is 2.25. The molecule has 0 heterocycles. The van der Waals surface area contributed by atoms with Gasteiger partial charge in [0.05, 0.1) is 6.61 Å². The molecule has 1 aliphatic carbocycles. The molecule has 0 aromatic heterocycles. The second kappa shape index (κ2) is 8.31. The lowest BCUT2D eigenvalue weighted by molar-refractivity contribution is 0.336. The zero-order chi connectivity index (χ0) is 16.8. The molecule has 2 nitrogen and oxygen atoms in total. The van der Waals surface area contributed by atoms with Gasteiger partial charge in [0.2, 0.25) is 7.37 Å². The molecule has 0 aliphatic heterocycles. The van der Waals surface area contributed by atoms with E-state index in [-0.39, 0.29) is 0 Å². The highest BCUT2D eigenvalue weighted by Crippen LogP contribution is 2.46. The molecule has 0 bridgehead atoms. The summed E-state index contributed by atoms with van der Waals surface area (Å²) in [7, 11) is -2.47. The van der Waals surface area contributed by atoms with E-state index in [1.807, 2.05) is 13.8 Å². The van der Waals surface area contributed by atoms with Gasteiger partial charge in [-0.15, -0.1) is 0 Å². The third-order valence-corrected chi connectivity index (χ3v) is 7.26. The third-order valence-electron chi connectivity index (χ3n) is 4.83. The average Bonchev–Trinajstić information content (AvgIpc) is 2.47. The predicted molar refractivity (Wildman–Crippen MR) is 97.9 cm³/mol. The third kappa shape index (κ3) is 5.56. The van der Waals surface area contributed by atoms with Crippen LogP contribution < -0.4 is 0 Å². The average molecular weight is 324 g/mol. The van der Waals surface area contributed by atoms with E-state index in [0.717, 1.165) is 5.57 Å². The van der Waals surface area contributed by atoms with Crippen LogP contribution in [0.3, 0.4) is 0 Å². The van der Waals surface area contributed by atoms with Crippen molar-refractivity contribution in [2.24, 2.45) is 5.41 Å². The van der Waals surface area contributed by atoms with Crippen LogP contribution in [0.4, 0.5) is 0 Å². The Kier molecular flexibility index (Phi) is 7.35. The minimum atomic E-state index is -2.47. The largest absolute Gasteiger partial charge is 0.329 e. The van der Waals surface area contributed by atoms with Gasteiger partial charge in [-0.2, -0.15) is 0 Å². The summed E-state index contributed by atoms with van der Waals surface area (Å²) >= 11 is 0. The zero-order valence-electron chi connectivity index (χ0n) is 15.2. The van der Waals surface area contributed by atoms with E-state index in [2.05, 4.69) is 45.9 Å². The van der Waals surface area contributed by atoms with Crippen LogP contribution in [-0.4, -0.2) is 18.9 Å². The fourth-order valence-electron chi connectivity index (χ4n) is 2.83. The summed E-state index contributed by atoms with van der Waals surface area (Å²) in [5.74, 6) is 0. The first kappa shape index (κ1) is 19.5. The van der Waals surface area contributed by atoms with Crippen molar-refractivity contribution in [1.29, 1.82) is 0 Å². The smallest absolute Gasteiger partial charge is 0.206 e. The molecule has 0 aromatic carbocycles. The van der Waals surface area contributed by atoms with E-state index in [0.29, 0.717) is 24.3 Å². The van der Waals surface area contributed by atoms with Gasteiger partial charge >= 0.3 is 0 Å². The normalized spacial score (nSPS) is 22.2. The highest BCUT2D eigenvalue weighted by molar-refractivity contribution is 7.59. The Labute approximate surface area is 137 Å². The Balaban J connectivity index is 2.77. The second-order valence-corrected chi connectivity index (χ2v) is 9.79. The van der Waals surface area contributed by atoms with E-state index < -0.39 is 7.37 Å². The van der Waals surface area contributed by atoms with Crippen LogP contribution in [0.5, 0.6) is 0 Å². The molecule has 1 rings (SSSR count). The molecule has 0 N–H and O–H groups in total. The Hall–Kier alpha value is -0.590. The van der Waals surface area contributed by atoms with Crippen LogP contribution >= 0.6 is 7.37 Å². The van der Waals surface area contributed by atoms with Crippen molar-refractivity contribution in [3.63, 3.8) is 0 Å². The van der Waals surface area contributed by atoms with Crippen molar-refractivity contribution in [2.75, 3.05) is 18.9 Å². The Morgan fingerprint density at radius 3 is 2.64 bits per heavy atom. The van der Waals surface area contributed by atoms with E-state index >= 15 is 0 Å². The molecule has 0 amide bonds. The molecule has 1 atom stereocenters. The van der Waals surface area contributed by atoms with Gasteiger partial charge in [-0.3, -0.25) is 4.57 Å². The zero-order valence-corrected chi connectivity index (χ0v) is 16.1. The number of rotatable bonds is 7. The first-order valence-corrected chi connectivity index (χ1v) is 10.5. The van der Waals surface area contributed by atoms with Crippen LogP contribution in [0, 0.1) is 5.41 Å². The maximum absolute atomic E-state index is 12.4. The molecule has 22 heavy (non-hydrogen) atoms. The summed E-state index contributed by atoms with van der Waals surface area (Å²) in [6.45, 7) is 13.4. The minimum Gasteiger partial charge on any atom is -0.329 e. The summed E-state index contributed by atoms with van der Waals surface area (Å²) in [6.07, 6.45) is 11.3. The topological polar surface area (TPSA) is 26.3 Å². The maximum atomic E-state index is 12.4. The SMILES string of the molecule is CCOP(=O)(CC)CC=C(C)C=CC1=C(C)C(C)(C)CCC1. The van der Waals surface area contributed by atoms with Crippen molar-refractivity contribution in [2.45, 2.75) is 60.8 Å². The molecule has 3 heteroatoms. The lowest BCUT2D eigenvalue weighted by Crippen LogP contribution is -2.18. The molecule has 1 unspecified atom stereocenters. The highest BCUT2D eigenvalue weighted by atomic mass is 31.2. The minimum absolute atomic E-state index is 0.322. The molecule has 126 valence electrons. The standard InChI is InChI=1S/C19H33O2P/c1-7-21-22(20,8-2)15-13-16(3)11-12-18-10-9-14-19(5,6)17(18)4/h11-13H,7-10,14-15H2,1-6H3. The number of allylic oxidation sites excluding steroid dienone is 6. The second-order valence-electron chi connectivity index (χ2n) is 6.90. The monoisotopic (exact) mass is 324 g/mol. The predicted octanol–water partition coefficient (Wildman–Crippen LogP) is 6.35. The number of hydrogen-bond donors (Lipinski definition) is 0. The summed E-state index contributed by atoms with van der Waals surface area (Å²) < 4.78 is 17.9. The lowest BCUT2D eigenvalue weighted by Gasteiger charge is -2.32. The van der Waals surface area contributed by atoms with Crippen molar-refractivity contribution < 1.29 is 9.09 Å². The Morgan fingerprint density at radius 1 is 1.36 bits per heavy atom. The molecular formula is C19H33O2P. The van der Waals surface area contributed by atoms with Crippen LogP contribution in [0.2, 0.25) is 0 Å². The van der Waals surface area contributed by atoms with Gasteiger partial charge in [0.1, 0.15) is 0 Å². The summed E-state index contributed by atoms with van der Waals surface area (Å²) in [4.78, 5) is 0. The molecule has 0 aromatic rings. The van der Waals surface area contributed by atoms with Gasteiger partial charge < -0.3 is 4.52 Å². The first-order chi connectivity index (χ1) is 10.2. The first-order valence-electron chi connectivity index (χ1n) is 8.52. The summed E-state index contributed by atoms with van der Waals surface area (Å²) in [6, 6.07) is 0. The van der Waals surface area contributed by atoms with Gasteiger partial charge in [-0.1, -0.05) is 50.1 Å². The fraction of sp³-hybridized carbons (Fsp3) is 0.684. The van der Waals surface area contributed by atoms with E-state index in [1.165, 1.54) is 30.4 Å². The van der Waals surface area contributed by atoms with Gasteiger partial charge in [0.15, 0.2) is 0 Å². The van der Waals surface area contributed by atoms with Crippen LogP contribution in [0.1, 0.15) is 60.8 Å². The summed E-state index contributed by atoms with van der Waals surface area (Å²) in [5.41, 5.74) is 4.46. The van der Waals surface area contributed by atoms with E-state index in [4.69, 9.17) is 4.52 Å². The van der Waals surface area contributed by atoms with E-state index in [1.54, 1.807) is 0 Å². The molecule has 1 aliphatic rings. The fourth-order valence-corrected chi connectivity index (χ4v) is 4.41.